The molecule has 2 aromatic rings. The lowest BCUT2D eigenvalue weighted by Gasteiger charge is -2.18. The molecule has 0 heterocycles. The van der Waals surface area contributed by atoms with Crippen molar-refractivity contribution in [2.45, 2.75) is 57.4 Å². The van der Waals surface area contributed by atoms with Crippen molar-refractivity contribution < 1.29 is 38.1 Å². The van der Waals surface area contributed by atoms with Gasteiger partial charge in [-0.1, -0.05) is 79.9 Å². The Morgan fingerprint density at radius 1 is 0.622 bits per heavy atom. The van der Waals surface area contributed by atoms with Gasteiger partial charge < -0.3 is 29.6 Å². The number of amides is 2. The Morgan fingerprint density at radius 3 is 1.35 bits per heavy atom. The van der Waals surface area contributed by atoms with E-state index in [9.17, 15) is 19.2 Å². The summed E-state index contributed by atoms with van der Waals surface area (Å²) < 4.78 is 19.9. The molecule has 10 nitrogen and oxygen atoms in total. The van der Waals surface area contributed by atoms with Crippen LogP contribution in [0.2, 0.25) is 0 Å². The van der Waals surface area contributed by atoms with Gasteiger partial charge >= 0.3 is 24.1 Å². The summed E-state index contributed by atoms with van der Waals surface area (Å²) in [6.07, 6.45) is 0.954. The fourth-order valence-corrected chi connectivity index (χ4v) is 3.47. The maximum atomic E-state index is 12.1. The van der Waals surface area contributed by atoms with E-state index in [2.05, 4.69) is 10.6 Å². The molecule has 0 aromatic heterocycles. The fourth-order valence-electron chi connectivity index (χ4n) is 3.47. The Labute approximate surface area is 216 Å². The summed E-state index contributed by atoms with van der Waals surface area (Å²) in [5.41, 5.74) is 1.65. The molecule has 0 radical (unpaired) electrons. The first-order valence-electron chi connectivity index (χ1n) is 12.0. The molecule has 2 aromatic carbocycles. The minimum Gasteiger partial charge on any atom is -0.467 e. The van der Waals surface area contributed by atoms with Crippen LogP contribution < -0.4 is 10.6 Å². The number of carbonyl (C=O) groups is 4. The molecule has 37 heavy (non-hydrogen) atoms. The van der Waals surface area contributed by atoms with Gasteiger partial charge in [0.15, 0.2) is 0 Å². The van der Waals surface area contributed by atoms with Crippen LogP contribution in [0.5, 0.6) is 0 Å². The van der Waals surface area contributed by atoms with Crippen LogP contribution in [0, 0.1) is 0 Å². The van der Waals surface area contributed by atoms with E-state index in [0.717, 1.165) is 11.1 Å². The highest BCUT2D eigenvalue weighted by Gasteiger charge is 2.24. The number of benzene rings is 2. The summed E-state index contributed by atoms with van der Waals surface area (Å²) in [5, 5.41) is 5.07. The average molecular weight is 515 g/mol. The molecule has 0 saturated carbocycles. The molecule has 0 spiro atoms. The van der Waals surface area contributed by atoms with Crippen molar-refractivity contribution in [3.05, 3.63) is 71.8 Å². The van der Waals surface area contributed by atoms with Gasteiger partial charge in [0.05, 0.1) is 14.2 Å². The van der Waals surface area contributed by atoms with Crippen LogP contribution in [0.1, 0.15) is 43.2 Å². The summed E-state index contributed by atoms with van der Waals surface area (Å²) in [4.78, 5) is 48.5. The van der Waals surface area contributed by atoms with Crippen molar-refractivity contribution in [3.8, 4) is 0 Å². The number of alkyl carbamates (subject to hydrolysis) is 2. The molecule has 10 heteroatoms. The molecule has 0 aliphatic carbocycles. The summed E-state index contributed by atoms with van der Waals surface area (Å²) in [7, 11) is 2.49. The van der Waals surface area contributed by atoms with Gasteiger partial charge in [0.1, 0.15) is 25.3 Å². The quantitative estimate of drug-likeness (QED) is 0.221. The van der Waals surface area contributed by atoms with E-state index in [-0.39, 0.29) is 13.2 Å². The zero-order chi connectivity index (χ0) is 26.9. The van der Waals surface area contributed by atoms with Crippen LogP contribution in [0.25, 0.3) is 0 Å². The van der Waals surface area contributed by atoms with Gasteiger partial charge in [-0.3, -0.25) is 0 Å². The average Bonchev–Trinajstić information content (AvgIpc) is 2.93. The minimum absolute atomic E-state index is 0.0796. The van der Waals surface area contributed by atoms with Crippen molar-refractivity contribution in [2.24, 2.45) is 0 Å². The van der Waals surface area contributed by atoms with E-state index in [1.807, 2.05) is 60.7 Å². The van der Waals surface area contributed by atoms with E-state index in [4.69, 9.17) is 18.9 Å². The predicted molar refractivity (Wildman–Crippen MR) is 134 cm³/mol. The number of hydrogen-bond donors (Lipinski definition) is 2. The minimum atomic E-state index is -0.865. The number of unbranched alkanes of at least 4 members (excludes halogenated alkanes) is 2. The summed E-state index contributed by atoms with van der Waals surface area (Å²) in [6.45, 7) is 0.159. The Hall–Kier alpha value is -4.08. The molecule has 2 atom stereocenters. The van der Waals surface area contributed by atoms with E-state index < -0.39 is 36.2 Å². The Bertz CT molecular complexity index is 905. The van der Waals surface area contributed by atoms with Crippen LogP contribution in [-0.2, 0) is 41.8 Å². The van der Waals surface area contributed by atoms with Gasteiger partial charge in [0, 0.05) is 0 Å². The first-order chi connectivity index (χ1) is 17.9. The molecule has 0 aliphatic rings. The van der Waals surface area contributed by atoms with Gasteiger partial charge in [-0.15, -0.1) is 0 Å². The van der Waals surface area contributed by atoms with Gasteiger partial charge in [-0.2, -0.15) is 0 Å². The molecule has 2 N–H and O–H groups in total. The third kappa shape index (κ3) is 11.5. The fraction of sp³-hybridized carbons (Fsp3) is 0.407. The summed E-state index contributed by atoms with van der Waals surface area (Å²) in [6, 6.07) is 16.6. The topological polar surface area (TPSA) is 129 Å². The standard InChI is InChI=1S/C27H34N2O8/c1-34-24(30)22(28-26(32)36-18-20-12-6-3-7-13-20)16-10-5-11-17-23(25(31)35-2)29-27(33)37-19-21-14-8-4-9-15-21/h3-4,6-9,12-15,22-23H,5,10-11,16-19H2,1-2H3,(H,28,32)(H,29,33)/t22-,23-/m0/s1. The molecule has 2 amide bonds. The highest BCUT2D eigenvalue weighted by molar-refractivity contribution is 5.81. The van der Waals surface area contributed by atoms with Gasteiger partial charge in [0.25, 0.3) is 0 Å². The van der Waals surface area contributed by atoms with E-state index in [1.165, 1.54) is 14.2 Å². The van der Waals surface area contributed by atoms with Gasteiger partial charge in [0.2, 0.25) is 0 Å². The van der Waals surface area contributed by atoms with Crippen LogP contribution in [0.4, 0.5) is 9.59 Å². The zero-order valence-electron chi connectivity index (χ0n) is 21.1. The van der Waals surface area contributed by atoms with E-state index in [0.29, 0.717) is 32.1 Å². The van der Waals surface area contributed by atoms with Crippen molar-refractivity contribution >= 4 is 24.1 Å². The lowest BCUT2D eigenvalue weighted by molar-refractivity contribution is -0.143. The lowest BCUT2D eigenvalue weighted by Crippen LogP contribution is -2.42. The number of nitrogens with one attached hydrogen (secondary N) is 2. The molecular formula is C27H34N2O8. The number of rotatable bonds is 14. The summed E-state index contributed by atoms with van der Waals surface area (Å²) in [5.74, 6) is -1.15. The monoisotopic (exact) mass is 514 g/mol. The maximum absolute atomic E-state index is 12.1. The number of ether oxygens (including phenoxy) is 4. The second-order valence-electron chi connectivity index (χ2n) is 8.20. The normalized spacial score (nSPS) is 11.9. The van der Waals surface area contributed by atoms with Crippen LogP contribution in [0.15, 0.2) is 60.7 Å². The van der Waals surface area contributed by atoms with Crippen molar-refractivity contribution in [1.82, 2.24) is 10.6 Å². The number of esters is 2. The van der Waals surface area contributed by atoms with Crippen LogP contribution in [0.3, 0.4) is 0 Å². The molecule has 2 rings (SSSR count). The van der Waals surface area contributed by atoms with Crippen molar-refractivity contribution in [2.75, 3.05) is 14.2 Å². The highest BCUT2D eigenvalue weighted by Crippen LogP contribution is 2.11. The van der Waals surface area contributed by atoms with E-state index >= 15 is 0 Å². The molecule has 0 fully saturated rings. The third-order valence-electron chi connectivity index (χ3n) is 5.47. The highest BCUT2D eigenvalue weighted by atomic mass is 16.6. The zero-order valence-corrected chi connectivity index (χ0v) is 21.1. The largest absolute Gasteiger partial charge is 0.467 e. The van der Waals surface area contributed by atoms with E-state index in [1.54, 1.807) is 0 Å². The van der Waals surface area contributed by atoms with Crippen molar-refractivity contribution in [1.29, 1.82) is 0 Å². The first-order valence-corrected chi connectivity index (χ1v) is 12.0. The second-order valence-corrected chi connectivity index (χ2v) is 8.20. The Morgan fingerprint density at radius 2 is 1.00 bits per heavy atom. The first kappa shape index (κ1) is 29.2. The molecule has 0 unspecified atom stereocenters. The maximum Gasteiger partial charge on any atom is 0.408 e. The predicted octanol–water partition coefficient (Wildman–Crippen LogP) is 3.87. The van der Waals surface area contributed by atoms with Crippen molar-refractivity contribution in [3.63, 3.8) is 0 Å². The molecule has 0 bridgehead atoms. The van der Waals surface area contributed by atoms with Crippen LogP contribution >= 0.6 is 0 Å². The molecular weight excluding hydrogens is 480 g/mol. The number of methoxy groups -OCH3 is 2. The molecule has 0 aliphatic heterocycles. The van der Waals surface area contributed by atoms with Gasteiger partial charge in [-0.25, -0.2) is 19.2 Å². The summed E-state index contributed by atoms with van der Waals surface area (Å²) >= 11 is 0. The Kier molecular flexibility index (Phi) is 13.1. The smallest absolute Gasteiger partial charge is 0.408 e. The SMILES string of the molecule is COC(=O)[C@H](CCCCC[C@H](NC(=O)OCc1ccccc1)C(=O)OC)NC(=O)OCc1ccccc1. The number of carbonyl (C=O) groups excluding carboxylic acids is 4. The molecule has 0 saturated heterocycles. The van der Waals surface area contributed by atoms with Gasteiger partial charge in [-0.05, 0) is 24.0 Å². The Balaban J connectivity index is 1.74. The third-order valence-corrected chi connectivity index (χ3v) is 5.47. The van der Waals surface area contributed by atoms with Crippen LogP contribution in [-0.4, -0.2) is 50.4 Å². The molecule has 200 valence electrons. The lowest BCUT2D eigenvalue weighted by atomic mass is 10.0. The second kappa shape index (κ2) is 16.6. The number of hydrogen-bond acceptors (Lipinski definition) is 8.